The Hall–Kier alpha value is -0.0800. The monoisotopic (exact) mass is 170 g/mol. The molecule has 1 saturated heterocycles. The van der Waals surface area contributed by atoms with Gasteiger partial charge in [-0.1, -0.05) is 0 Å². The molecule has 0 aromatic carbocycles. The summed E-state index contributed by atoms with van der Waals surface area (Å²) >= 11 is 0. The van der Waals surface area contributed by atoms with Crippen molar-refractivity contribution in [2.75, 3.05) is 13.1 Å². The Morgan fingerprint density at radius 1 is 0.667 bits per heavy atom. The van der Waals surface area contributed by atoms with Gasteiger partial charge in [0.05, 0.1) is 0 Å². The first kappa shape index (κ1) is 10.0. The Labute approximate surface area is 76.5 Å². The maximum absolute atomic E-state index is 2.45. The van der Waals surface area contributed by atoms with E-state index in [2.05, 4.69) is 51.6 Å². The normalized spacial score (nSPS) is 22.5. The minimum atomic E-state index is 0.283. The lowest BCUT2D eigenvalue weighted by molar-refractivity contribution is -0.212. The molecule has 0 aliphatic carbocycles. The summed E-state index contributed by atoms with van der Waals surface area (Å²) in [4.78, 5) is 0. The Morgan fingerprint density at radius 2 is 0.917 bits per heavy atom. The highest BCUT2D eigenvalue weighted by atomic mass is 15.7. The van der Waals surface area contributed by atoms with E-state index in [9.17, 15) is 0 Å². The van der Waals surface area contributed by atoms with E-state index < -0.39 is 0 Å². The molecular weight excluding hydrogens is 148 g/mol. The van der Waals surface area contributed by atoms with Crippen LogP contribution in [0.2, 0.25) is 0 Å². The minimum Gasteiger partial charge on any atom is -0.235 e. The van der Waals surface area contributed by atoms with E-state index in [1.165, 1.54) is 13.1 Å². The molecule has 1 aliphatic rings. The summed E-state index contributed by atoms with van der Waals surface area (Å²) in [6.07, 6.45) is 0. The first-order valence-corrected chi connectivity index (χ1v) is 4.78. The van der Waals surface area contributed by atoms with Gasteiger partial charge in [-0.2, -0.15) is 0 Å². The second kappa shape index (κ2) is 2.71. The van der Waals surface area contributed by atoms with E-state index in [4.69, 9.17) is 0 Å². The topological polar surface area (TPSA) is 6.48 Å². The lowest BCUT2D eigenvalue weighted by atomic mass is 10.0. The third-order valence-corrected chi connectivity index (χ3v) is 2.36. The summed E-state index contributed by atoms with van der Waals surface area (Å²) in [6.45, 7) is 16.0. The largest absolute Gasteiger partial charge is 0.235 e. The second-order valence-corrected chi connectivity index (χ2v) is 5.59. The summed E-state index contributed by atoms with van der Waals surface area (Å²) in [7, 11) is 0. The molecule has 0 amide bonds. The van der Waals surface area contributed by atoms with Gasteiger partial charge in [-0.3, -0.25) is 0 Å². The molecule has 0 unspecified atom stereocenters. The molecule has 2 heteroatoms. The molecule has 0 bridgehead atoms. The van der Waals surface area contributed by atoms with Crippen molar-refractivity contribution >= 4 is 0 Å². The standard InChI is InChI=1S/C10H22N2/c1-9(2,3)11-7-8-12(11)10(4,5)6/h7-8H2,1-6H3. The van der Waals surface area contributed by atoms with E-state index in [0.717, 1.165) is 0 Å². The van der Waals surface area contributed by atoms with Gasteiger partial charge < -0.3 is 0 Å². The predicted molar refractivity (Wildman–Crippen MR) is 52.9 cm³/mol. The molecule has 0 atom stereocenters. The van der Waals surface area contributed by atoms with Crippen molar-refractivity contribution in [3.8, 4) is 0 Å². The van der Waals surface area contributed by atoms with E-state index in [1.54, 1.807) is 0 Å². The molecule has 0 spiro atoms. The number of nitrogens with zero attached hydrogens (tertiary/aromatic N) is 2. The van der Waals surface area contributed by atoms with Gasteiger partial charge in [-0.05, 0) is 41.5 Å². The highest BCUT2D eigenvalue weighted by Crippen LogP contribution is 2.29. The Bertz CT molecular complexity index is 142. The van der Waals surface area contributed by atoms with Crippen LogP contribution in [0.4, 0.5) is 0 Å². The van der Waals surface area contributed by atoms with E-state index in [0.29, 0.717) is 0 Å². The highest BCUT2D eigenvalue weighted by molar-refractivity contribution is 4.88. The molecule has 12 heavy (non-hydrogen) atoms. The fourth-order valence-corrected chi connectivity index (χ4v) is 1.70. The van der Waals surface area contributed by atoms with Crippen molar-refractivity contribution < 1.29 is 0 Å². The van der Waals surface area contributed by atoms with Crippen molar-refractivity contribution in [2.45, 2.75) is 52.6 Å². The average Bonchev–Trinajstić information content (AvgIpc) is 1.46. The van der Waals surface area contributed by atoms with Crippen molar-refractivity contribution in [1.29, 1.82) is 0 Å². The van der Waals surface area contributed by atoms with Gasteiger partial charge in [0.1, 0.15) is 0 Å². The van der Waals surface area contributed by atoms with Crippen molar-refractivity contribution in [3.05, 3.63) is 0 Å². The summed E-state index contributed by atoms with van der Waals surface area (Å²) in [5.74, 6) is 0. The zero-order valence-electron chi connectivity index (χ0n) is 9.31. The van der Waals surface area contributed by atoms with Crippen LogP contribution >= 0.6 is 0 Å². The quantitative estimate of drug-likeness (QED) is 0.549. The molecular formula is C10H22N2. The van der Waals surface area contributed by atoms with Crippen LogP contribution in [0.25, 0.3) is 0 Å². The Balaban J connectivity index is 2.62. The van der Waals surface area contributed by atoms with Gasteiger partial charge in [0.25, 0.3) is 0 Å². The van der Waals surface area contributed by atoms with Gasteiger partial charge in [-0.25, -0.2) is 10.0 Å². The van der Waals surface area contributed by atoms with E-state index >= 15 is 0 Å². The minimum absolute atomic E-state index is 0.283. The van der Waals surface area contributed by atoms with Crippen LogP contribution in [0.1, 0.15) is 41.5 Å². The van der Waals surface area contributed by atoms with Gasteiger partial charge in [0.2, 0.25) is 0 Å². The van der Waals surface area contributed by atoms with E-state index in [1.807, 2.05) is 0 Å². The molecule has 2 nitrogen and oxygen atoms in total. The van der Waals surface area contributed by atoms with Gasteiger partial charge in [0.15, 0.2) is 0 Å². The summed E-state index contributed by atoms with van der Waals surface area (Å²) in [5, 5.41) is 4.90. The van der Waals surface area contributed by atoms with Crippen LogP contribution in [-0.2, 0) is 0 Å². The molecule has 0 saturated carbocycles. The second-order valence-electron chi connectivity index (χ2n) is 5.59. The molecule has 1 fully saturated rings. The maximum Gasteiger partial charge on any atom is 0.0281 e. The fourth-order valence-electron chi connectivity index (χ4n) is 1.70. The lowest BCUT2D eigenvalue weighted by Crippen LogP contribution is -2.69. The van der Waals surface area contributed by atoms with Crippen LogP contribution in [0, 0.1) is 0 Å². The zero-order chi connectivity index (χ0) is 9.57. The molecule has 1 heterocycles. The van der Waals surface area contributed by atoms with Crippen LogP contribution in [0.3, 0.4) is 0 Å². The third-order valence-electron chi connectivity index (χ3n) is 2.36. The molecule has 0 aromatic rings. The van der Waals surface area contributed by atoms with Crippen molar-refractivity contribution in [1.82, 2.24) is 10.0 Å². The van der Waals surface area contributed by atoms with Gasteiger partial charge in [-0.15, -0.1) is 0 Å². The fraction of sp³-hybridized carbons (Fsp3) is 1.00. The molecule has 1 aliphatic heterocycles. The summed E-state index contributed by atoms with van der Waals surface area (Å²) in [5.41, 5.74) is 0.567. The Kier molecular flexibility index (Phi) is 2.26. The Morgan fingerprint density at radius 3 is 1.00 bits per heavy atom. The number of hydrogen-bond acceptors (Lipinski definition) is 2. The summed E-state index contributed by atoms with van der Waals surface area (Å²) < 4.78 is 0. The van der Waals surface area contributed by atoms with Crippen LogP contribution in [-0.4, -0.2) is 34.2 Å². The smallest absolute Gasteiger partial charge is 0.0281 e. The lowest BCUT2D eigenvalue weighted by Gasteiger charge is -2.57. The predicted octanol–water partition coefficient (Wildman–Crippen LogP) is 2.12. The van der Waals surface area contributed by atoms with Gasteiger partial charge >= 0.3 is 0 Å². The third kappa shape index (κ3) is 1.80. The maximum atomic E-state index is 2.45. The first-order valence-electron chi connectivity index (χ1n) is 4.78. The molecule has 0 N–H and O–H groups in total. The zero-order valence-corrected chi connectivity index (χ0v) is 9.31. The first-order chi connectivity index (χ1) is 5.23. The van der Waals surface area contributed by atoms with Crippen LogP contribution in [0.5, 0.6) is 0 Å². The van der Waals surface area contributed by atoms with Gasteiger partial charge in [0, 0.05) is 24.2 Å². The highest BCUT2D eigenvalue weighted by Gasteiger charge is 2.39. The number of hydrogen-bond donors (Lipinski definition) is 0. The van der Waals surface area contributed by atoms with Crippen LogP contribution in [0.15, 0.2) is 0 Å². The summed E-state index contributed by atoms with van der Waals surface area (Å²) in [6, 6.07) is 0. The molecule has 72 valence electrons. The number of rotatable bonds is 0. The van der Waals surface area contributed by atoms with Crippen molar-refractivity contribution in [3.63, 3.8) is 0 Å². The number of hydrazine groups is 1. The SMILES string of the molecule is CC(C)(C)N1CCN1C(C)(C)C. The van der Waals surface area contributed by atoms with Crippen molar-refractivity contribution in [2.24, 2.45) is 0 Å². The van der Waals surface area contributed by atoms with E-state index in [-0.39, 0.29) is 11.1 Å². The average molecular weight is 170 g/mol. The molecule has 1 rings (SSSR count). The molecule has 0 radical (unpaired) electrons. The molecule has 0 aromatic heterocycles. The van der Waals surface area contributed by atoms with Crippen LogP contribution < -0.4 is 0 Å².